The van der Waals surface area contributed by atoms with Gasteiger partial charge in [-0.3, -0.25) is 4.79 Å². The van der Waals surface area contributed by atoms with E-state index >= 15 is 0 Å². The quantitative estimate of drug-likeness (QED) is 0.264. The molecule has 0 aliphatic carbocycles. The standard InChI is InChI=1S/C32H39N3O4/c1-3-4-21-39-30-16-14-26(34(2)19-20-35-17-9-6-10-18-35)23-28(30)31(36)33-29-22-25(13-15-27(29)32(37)38)24-11-7-5-8-12-24/h5,7-8,11-16,22-23H,3-4,6,9-10,17-21H2,1-2H3,(H,33,36)(H,37,38). The summed E-state index contributed by atoms with van der Waals surface area (Å²) in [5.74, 6) is -1.01. The lowest BCUT2D eigenvalue weighted by molar-refractivity contribution is 0.0698. The van der Waals surface area contributed by atoms with Crippen molar-refractivity contribution in [2.45, 2.75) is 39.0 Å². The highest BCUT2D eigenvalue weighted by Gasteiger charge is 2.20. The van der Waals surface area contributed by atoms with Crippen LogP contribution in [0.4, 0.5) is 11.4 Å². The topological polar surface area (TPSA) is 82.1 Å². The van der Waals surface area contributed by atoms with Gasteiger partial charge in [0.25, 0.3) is 5.91 Å². The van der Waals surface area contributed by atoms with Gasteiger partial charge < -0.3 is 25.0 Å². The van der Waals surface area contributed by atoms with Gasteiger partial charge in [-0.1, -0.05) is 56.2 Å². The van der Waals surface area contributed by atoms with Crippen molar-refractivity contribution in [2.24, 2.45) is 0 Å². The predicted octanol–water partition coefficient (Wildman–Crippen LogP) is 6.41. The van der Waals surface area contributed by atoms with Crippen molar-refractivity contribution in [3.63, 3.8) is 0 Å². The zero-order valence-corrected chi connectivity index (χ0v) is 23.0. The SMILES string of the molecule is CCCCOc1ccc(N(C)CCN2CCCCC2)cc1C(=O)Nc1cc(-c2ccccc2)ccc1C(=O)O. The highest BCUT2D eigenvalue weighted by molar-refractivity contribution is 6.10. The molecule has 3 aromatic rings. The number of anilines is 2. The minimum Gasteiger partial charge on any atom is -0.493 e. The van der Waals surface area contributed by atoms with Crippen LogP contribution in [0.1, 0.15) is 59.7 Å². The Morgan fingerprint density at radius 1 is 0.949 bits per heavy atom. The molecule has 39 heavy (non-hydrogen) atoms. The van der Waals surface area contributed by atoms with Gasteiger partial charge in [0.1, 0.15) is 5.75 Å². The van der Waals surface area contributed by atoms with Gasteiger partial charge in [-0.05, 0) is 73.8 Å². The molecule has 1 amide bonds. The third kappa shape index (κ3) is 7.60. The average molecular weight is 530 g/mol. The van der Waals surface area contributed by atoms with Crippen LogP contribution in [0.3, 0.4) is 0 Å². The number of amides is 1. The number of hydrogen-bond acceptors (Lipinski definition) is 5. The maximum absolute atomic E-state index is 13.7. The summed E-state index contributed by atoms with van der Waals surface area (Å²) < 4.78 is 5.99. The van der Waals surface area contributed by atoms with Crippen molar-refractivity contribution < 1.29 is 19.4 Å². The number of aromatic carboxylic acids is 1. The average Bonchev–Trinajstić information content (AvgIpc) is 2.97. The maximum atomic E-state index is 13.7. The van der Waals surface area contributed by atoms with Crippen LogP contribution in [-0.2, 0) is 0 Å². The van der Waals surface area contributed by atoms with Gasteiger partial charge in [-0.15, -0.1) is 0 Å². The number of nitrogens with one attached hydrogen (secondary N) is 1. The first kappa shape index (κ1) is 28.2. The number of carboxylic acids is 1. The summed E-state index contributed by atoms with van der Waals surface area (Å²) >= 11 is 0. The van der Waals surface area contributed by atoms with Gasteiger partial charge in [0.2, 0.25) is 0 Å². The lowest BCUT2D eigenvalue weighted by atomic mass is 10.0. The normalized spacial score (nSPS) is 13.6. The number of likely N-dealkylation sites (tertiary alicyclic amines) is 1. The van der Waals surface area contributed by atoms with Crippen molar-refractivity contribution >= 4 is 23.3 Å². The third-order valence-corrected chi connectivity index (χ3v) is 7.21. The van der Waals surface area contributed by atoms with Crippen molar-refractivity contribution in [1.82, 2.24) is 4.90 Å². The molecule has 1 aliphatic rings. The first-order valence-electron chi connectivity index (χ1n) is 13.9. The van der Waals surface area contributed by atoms with Crippen molar-refractivity contribution in [2.75, 3.05) is 50.1 Å². The van der Waals surface area contributed by atoms with Crippen molar-refractivity contribution in [3.8, 4) is 16.9 Å². The molecule has 2 N–H and O–H groups in total. The van der Waals surface area contributed by atoms with E-state index in [1.165, 1.54) is 25.3 Å². The molecule has 1 aliphatic heterocycles. The fourth-order valence-corrected chi connectivity index (χ4v) is 4.82. The van der Waals surface area contributed by atoms with Crippen molar-refractivity contribution in [3.05, 3.63) is 77.9 Å². The fourth-order valence-electron chi connectivity index (χ4n) is 4.82. The smallest absolute Gasteiger partial charge is 0.337 e. The number of likely N-dealkylation sites (N-methyl/N-ethyl adjacent to an activating group) is 1. The minimum atomic E-state index is -1.10. The molecule has 0 unspecified atom stereocenters. The first-order chi connectivity index (χ1) is 19.0. The van der Waals surface area contributed by atoms with E-state index in [4.69, 9.17) is 4.74 Å². The summed E-state index contributed by atoms with van der Waals surface area (Å²) in [6.45, 7) is 6.69. The summed E-state index contributed by atoms with van der Waals surface area (Å²) in [5, 5.41) is 12.7. The van der Waals surface area contributed by atoms with E-state index < -0.39 is 11.9 Å². The van der Waals surface area contributed by atoms with Gasteiger partial charge in [-0.25, -0.2) is 4.79 Å². The summed E-state index contributed by atoms with van der Waals surface area (Å²) in [5.41, 5.74) is 3.34. The highest BCUT2D eigenvalue weighted by atomic mass is 16.5. The molecule has 0 saturated carbocycles. The number of hydrogen-bond donors (Lipinski definition) is 2. The molecule has 206 valence electrons. The second-order valence-corrected chi connectivity index (χ2v) is 10.1. The molecule has 7 heteroatoms. The lowest BCUT2D eigenvalue weighted by Crippen LogP contribution is -2.36. The molecule has 0 atom stereocenters. The monoisotopic (exact) mass is 529 g/mol. The molecule has 0 radical (unpaired) electrons. The molecular formula is C32H39N3O4. The molecule has 4 rings (SSSR count). The van der Waals surface area contributed by atoms with E-state index in [0.717, 1.165) is 55.8 Å². The number of rotatable bonds is 12. The molecule has 7 nitrogen and oxygen atoms in total. The molecule has 1 heterocycles. The maximum Gasteiger partial charge on any atom is 0.337 e. The van der Waals surface area contributed by atoms with Crippen LogP contribution in [0.5, 0.6) is 5.75 Å². The van der Waals surface area contributed by atoms with Crippen LogP contribution in [0.25, 0.3) is 11.1 Å². The van der Waals surface area contributed by atoms with E-state index in [1.807, 2.05) is 55.6 Å². The van der Waals surface area contributed by atoms with Gasteiger partial charge >= 0.3 is 5.97 Å². The molecule has 3 aromatic carbocycles. The van der Waals surface area contributed by atoms with E-state index in [0.29, 0.717) is 17.9 Å². The zero-order valence-electron chi connectivity index (χ0n) is 23.0. The Morgan fingerprint density at radius 2 is 1.72 bits per heavy atom. The fraction of sp³-hybridized carbons (Fsp3) is 0.375. The Morgan fingerprint density at radius 3 is 2.44 bits per heavy atom. The van der Waals surface area contributed by atoms with E-state index in [9.17, 15) is 14.7 Å². The Bertz CT molecular complexity index is 1260. The second-order valence-electron chi connectivity index (χ2n) is 10.1. The zero-order chi connectivity index (χ0) is 27.6. The third-order valence-electron chi connectivity index (χ3n) is 7.21. The van der Waals surface area contributed by atoms with Crippen LogP contribution in [0.2, 0.25) is 0 Å². The number of unbranched alkanes of at least 4 members (excludes halogenated alkanes) is 1. The second kappa shape index (κ2) is 13.8. The Labute approximate surface area is 231 Å². The minimum absolute atomic E-state index is 0.0336. The molecule has 1 fully saturated rings. The number of carbonyl (C=O) groups is 2. The number of carbonyl (C=O) groups excluding carboxylic acids is 1. The van der Waals surface area contributed by atoms with Crippen LogP contribution in [0, 0.1) is 0 Å². The number of benzene rings is 3. The molecule has 0 bridgehead atoms. The highest BCUT2D eigenvalue weighted by Crippen LogP contribution is 2.29. The Balaban J connectivity index is 1.59. The van der Waals surface area contributed by atoms with Crippen LogP contribution in [0.15, 0.2) is 66.7 Å². The number of ether oxygens (including phenoxy) is 1. The summed E-state index contributed by atoms with van der Waals surface area (Å²) in [6.07, 6.45) is 5.67. The van der Waals surface area contributed by atoms with Crippen LogP contribution < -0.4 is 15.0 Å². The number of piperidine rings is 1. The van der Waals surface area contributed by atoms with Crippen LogP contribution in [-0.4, -0.2) is 61.7 Å². The predicted molar refractivity (Wildman–Crippen MR) is 157 cm³/mol. The van der Waals surface area contributed by atoms with Crippen molar-refractivity contribution in [1.29, 1.82) is 0 Å². The summed E-state index contributed by atoms with van der Waals surface area (Å²) in [7, 11) is 2.03. The van der Waals surface area contributed by atoms with Gasteiger partial charge in [0, 0.05) is 25.8 Å². The molecular weight excluding hydrogens is 490 g/mol. The summed E-state index contributed by atoms with van der Waals surface area (Å²) in [6, 6.07) is 20.3. The molecule has 0 spiro atoms. The largest absolute Gasteiger partial charge is 0.493 e. The Kier molecular flexibility index (Phi) is 9.97. The van der Waals surface area contributed by atoms with E-state index in [2.05, 4.69) is 22.0 Å². The van der Waals surface area contributed by atoms with Crippen LogP contribution >= 0.6 is 0 Å². The summed E-state index contributed by atoms with van der Waals surface area (Å²) in [4.78, 5) is 30.3. The molecule has 0 aromatic heterocycles. The number of carboxylic acid groups (broad SMARTS) is 1. The van der Waals surface area contributed by atoms with Gasteiger partial charge in [0.05, 0.1) is 23.4 Å². The van der Waals surface area contributed by atoms with E-state index in [-0.39, 0.29) is 11.3 Å². The lowest BCUT2D eigenvalue weighted by Gasteiger charge is -2.29. The van der Waals surface area contributed by atoms with E-state index in [1.54, 1.807) is 12.1 Å². The van der Waals surface area contributed by atoms with Gasteiger partial charge in [-0.2, -0.15) is 0 Å². The van der Waals surface area contributed by atoms with Gasteiger partial charge in [0.15, 0.2) is 0 Å². The first-order valence-corrected chi connectivity index (χ1v) is 13.9. The molecule has 1 saturated heterocycles. The number of nitrogens with zero attached hydrogens (tertiary/aromatic N) is 2. The Hall–Kier alpha value is -3.84.